The number of nitrogens with zero attached hydrogens (tertiary/aromatic N) is 1. The van der Waals surface area contributed by atoms with Crippen LogP contribution in [0.15, 0.2) is 23.7 Å². The second kappa shape index (κ2) is 7.28. The third-order valence-electron chi connectivity index (χ3n) is 3.15. The molecule has 0 saturated heterocycles. The third-order valence-corrected chi connectivity index (χ3v) is 3.99. The maximum Gasteiger partial charge on any atom is 0.203 e. The Bertz CT molecular complexity index is 573. The molecule has 114 valence electrons. The minimum absolute atomic E-state index is 0.0373. The number of aromatic nitrogens is 1. The van der Waals surface area contributed by atoms with E-state index in [-0.39, 0.29) is 6.04 Å². The largest absolute Gasteiger partial charge is 0.493 e. The van der Waals surface area contributed by atoms with Crippen molar-refractivity contribution < 1.29 is 14.2 Å². The Morgan fingerprint density at radius 3 is 2.43 bits per heavy atom. The first-order chi connectivity index (χ1) is 10.3. The number of hydrogen-bond donors (Lipinski definition) is 1. The van der Waals surface area contributed by atoms with Crippen LogP contribution in [0, 0.1) is 0 Å². The van der Waals surface area contributed by atoms with Gasteiger partial charge < -0.3 is 19.5 Å². The molecule has 1 atom stereocenters. The average Bonchev–Trinajstić information content (AvgIpc) is 3.05. The number of ether oxygens (including phenoxy) is 3. The molecule has 2 rings (SSSR count). The first-order valence-corrected chi connectivity index (χ1v) is 7.56. The van der Waals surface area contributed by atoms with E-state index in [9.17, 15) is 0 Å². The van der Waals surface area contributed by atoms with E-state index < -0.39 is 0 Å². The van der Waals surface area contributed by atoms with Crippen LogP contribution in [-0.2, 0) is 0 Å². The summed E-state index contributed by atoms with van der Waals surface area (Å²) in [4.78, 5) is 4.41. The molecular weight excluding hydrogens is 288 g/mol. The smallest absolute Gasteiger partial charge is 0.203 e. The van der Waals surface area contributed by atoms with Crippen LogP contribution < -0.4 is 19.5 Å². The van der Waals surface area contributed by atoms with Gasteiger partial charge in [-0.1, -0.05) is 6.92 Å². The van der Waals surface area contributed by atoms with Crippen LogP contribution in [0.2, 0.25) is 0 Å². The highest BCUT2D eigenvalue weighted by atomic mass is 32.1. The van der Waals surface area contributed by atoms with E-state index in [0.29, 0.717) is 17.2 Å². The summed E-state index contributed by atoms with van der Waals surface area (Å²) < 4.78 is 16.3. The summed E-state index contributed by atoms with van der Waals surface area (Å²) in [7, 11) is 4.85. The molecule has 0 aliphatic heterocycles. The van der Waals surface area contributed by atoms with Gasteiger partial charge in [-0.25, -0.2) is 4.98 Å². The second-order valence-electron chi connectivity index (χ2n) is 4.28. The molecule has 1 heterocycles. The predicted octanol–water partition coefficient (Wildman–Crippen LogP) is 2.87. The van der Waals surface area contributed by atoms with Crippen LogP contribution in [0.25, 0.3) is 0 Å². The van der Waals surface area contributed by atoms with Gasteiger partial charge in [-0.05, 0) is 18.7 Å². The number of benzene rings is 1. The lowest BCUT2D eigenvalue weighted by molar-refractivity contribution is 0.320. The fourth-order valence-electron chi connectivity index (χ4n) is 2.26. The summed E-state index contributed by atoms with van der Waals surface area (Å²) in [6.45, 7) is 2.88. The first kappa shape index (κ1) is 15.6. The monoisotopic (exact) mass is 308 g/mol. The van der Waals surface area contributed by atoms with Crippen molar-refractivity contribution in [2.75, 3.05) is 27.9 Å². The SMILES string of the molecule is CCNC(c1nccs1)c1ccc(OC)c(OC)c1OC. The molecule has 0 fully saturated rings. The Balaban J connectivity index is 2.55. The van der Waals surface area contributed by atoms with Gasteiger partial charge in [-0.15, -0.1) is 11.3 Å². The van der Waals surface area contributed by atoms with Crippen LogP contribution in [0.4, 0.5) is 0 Å². The molecule has 2 aromatic rings. The Morgan fingerprint density at radius 2 is 1.90 bits per heavy atom. The normalized spacial score (nSPS) is 12.0. The molecule has 5 nitrogen and oxygen atoms in total. The van der Waals surface area contributed by atoms with Crippen LogP contribution in [-0.4, -0.2) is 32.9 Å². The van der Waals surface area contributed by atoms with Crippen LogP contribution in [0.1, 0.15) is 23.5 Å². The van der Waals surface area contributed by atoms with Crippen molar-refractivity contribution in [3.63, 3.8) is 0 Å². The fourth-order valence-corrected chi connectivity index (χ4v) is 2.99. The van der Waals surface area contributed by atoms with Crippen LogP contribution >= 0.6 is 11.3 Å². The second-order valence-corrected chi connectivity index (χ2v) is 5.21. The zero-order valence-corrected chi connectivity index (χ0v) is 13.5. The van der Waals surface area contributed by atoms with Crippen molar-refractivity contribution in [3.05, 3.63) is 34.3 Å². The number of nitrogens with one attached hydrogen (secondary N) is 1. The maximum absolute atomic E-state index is 5.57. The summed E-state index contributed by atoms with van der Waals surface area (Å²) >= 11 is 1.61. The fraction of sp³-hybridized carbons (Fsp3) is 0.400. The molecule has 0 radical (unpaired) electrons. The van der Waals surface area contributed by atoms with E-state index in [2.05, 4.69) is 17.2 Å². The minimum Gasteiger partial charge on any atom is -0.493 e. The van der Waals surface area contributed by atoms with Crippen molar-refractivity contribution in [1.29, 1.82) is 0 Å². The topological polar surface area (TPSA) is 52.6 Å². The molecule has 0 amide bonds. The number of rotatable bonds is 7. The van der Waals surface area contributed by atoms with Crippen molar-refractivity contribution in [2.24, 2.45) is 0 Å². The van der Waals surface area contributed by atoms with Gasteiger partial charge in [0.1, 0.15) is 5.01 Å². The first-order valence-electron chi connectivity index (χ1n) is 6.68. The molecule has 0 saturated carbocycles. The molecule has 1 aromatic heterocycles. The van der Waals surface area contributed by atoms with Gasteiger partial charge in [0.15, 0.2) is 11.5 Å². The molecule has 1 unspecified atom stereocenters. The van der Waals surface area contributed by atoms with Crippen molar-refractivity contribution >= 4 is 11.3 Å². The van der Waals surface area contributed by atoms with Gasteiger partial charge in [0.2, 0.25) is 5.75 Å². The van der Waals surface area contributed by atoms with E-state index >= 15 is 0 Å². The van der Waals surface area contributed by atoms with Gasteiger partial charge in [0, 0.05) is 17.1 Å². The van der Waals surface area contributed by atoms with E-state index in [1.807, 2.05) is 17.5 Å². The highest BCUT2D eigenvalue weighted by molar-refractivity contribution is 7.09. The molecule has 6 heteroatoms. The highest BCUT2D eigenvalue weighted by Crippen LogP contribution is 2.43. The molecule has 0 aliphatic carbocycles. The summed E-state index contributed by atoms with van der Waals surface area (Å²) in [5.74, 6) is 1.91. The van der Waals surface area contributed by atoms with Crippen molar-refractivity contribution in [2.45, 2.75) is 13.0 Å². The Morgan fingerprint density at radius 1 is 1.14 bits per heavy atom. The van der Waals surface area contributed by atoms with E-state index in [4.69, 9.17) is 14.2 Å². The molecule has 21 heavy (non-hydrogen) atoms. The summed E-state index contributed by atoms with van der Waals surface area (Å²) in [5, 5.41) is 6.39. The summed E-state index contributed by atoms with van der Waals surface area (Å²) in [6.07, 6.45) is 1.80. The van der Waals surface area contributed by atoms with E-state index in [1.165, 1.54) is 0 Å². The molecule has 1 N–H and O–H groups in total. The molecule has 1 aromatic carbocycles. The Labute approximate surface area is 128 Å². The highest BCUT2D eigenvalue weighted by Gasteiger charge is 2.24. The van der Waals surface area contributed by atoms with Crippen LogP contribution in [0.3, 0.4) is 0 Å². The number of thiazole rings is 1. The maximum atomic E-state index is 5.57. The average molecular weight is 308 g/mol. The van der Waals surface area contributed by atoms with Gasteiger partial charge in [-0.3, -0.25) is 0 Å². The van der Waals surface area contributed by atoms with Gasteiger partial charge in [-0.2, -0.15) is 0 Å². The zero-order valence-electron chi connectivity index (χ0n) is 12.7. The van der Waals surface area contributed by atoms with Crippen molar-refractivity contribution in [1.82, 2.24) is 10.3 Å². The van der Waals surface area contributed by atoms with Crippen LogP contribution in [0.5, 0.6) is 17.2 Å². The quantitative estimate of drug-likeness (QED) is 0.852. The summed E-state index contributed by atoms with van der Waals surface area (Å²) in [5.41, 5.74) is 0.979. The molecular formula is C15H20N2O3S. The van der Waals surface area contributed by atoms with E-state index in [1.54, 1.807) is 38.9 Å². The van der Waals surface area contributed by atoms with Gasteiger partial charge >= 0.3 is 0 Å². The lowest BCUT2D eigenvalue weighted by atomic mass is 10.0. The number of hydrogen-bond acceptors (Lipinski definition) is 6. The molecule has 0 aliphatic rings. The third kappa shape index (κ3) is 3.11. The standard InChI is InChI=1S/C15H20N2O3S/c1-5-16-12(15-17-8-9-21-15)10-6-7-11(18-2)14(20-4)13(10)19-3/h6-9,12,16H,5H2,1-4H3. The molecule has 0 spiro atoms. The lowest BCUT2D eigenvalue weighted by Crippen LogP contribution is -2.22. The van der Waals surface area contributed by atoms with Crippen molar-refractivity contribution in [3.8, 4) is 17.2 Å². The summed E-state index contributed by atoms with van der Waals surface area (Å²) in [6, 6.07) is 3.83. The van der Waals surface area contributed by atoms with Gasteiger partial charge in [0.25, 0.3) is 0 Å². The molecule has 0 bridgehead atoms. The zero-order chi connectivity index (χ0) is 15.2. The Hall–Kier alpha value is -1.79. The predicted molar refractivity (Wildman–Crippen MR) is 83.7 cm³/mol. The Kier molecular flexibility index (Phi) is 5.41. The van der Waals surface area contributed by atoms with E-state index in [0.717, 1.165) is 17.1 Å². The number of methoxy groups -OCH3 is 3. The van der Waals surface area contributed by atoms with Gasteiger partial charge in [0.05, 0.1) is 27.4 Å². The lowest BCUT2D eigenvalue weighted by Gasteiger charge is -2.21. The minimum atomic E-state index is -0.0373.